The first-order chi connectivity index (χ1) is 5.14. The molecule has 3 heteroatoms. The average molecular weight is 154 g/mol. The third kappa shape index (κ3) is 2.37. The normalized spacial score (nSPS) is 16.3. The number of aliphatic hydroxyl groups excluding tert-OH is 1. The van der Waals surface area contributed by atoms with E-state index in [1.54, 1.807) is 0 Å². The van der Waals surface area contributed by atoms with Gasteiger partial charge in [-0.05, 0) is 25.0 Å². The molecule has 0 spiro atoms. The van der Waals surface area contributed by atoms with E-state index in [0.717, 1.165) is 5.56 Å². The summed E-state index contributed by atoms with van der Waals surface area (Å²) in [7, 11) is 0. The third-order valence-corrected chi connectivity index (χ3v) is 1.63. The highest BCUT2D eigenvalue weighted by Crippen LogP contribution is 2.08. The maximum absolute atomic E-state index is 8.86. The zero-order valence-electron chi connectivity index (χ0n) is 6.67. The van der Waals surface area contributed by atoms with Crippen LogP contribution in [0.1, 0.15) is 12.5 Å². The van der Waals surface area contributed by atoms with Gasteiger partial charge in [0.2, 0.25) is 0 Å². The van der Waals surface area contributed by atoms with E-state index in [0.29, 0.717) is 6.42 Å². The van der Waals surface area contributed by atoms with E-state index >= 15 is 0 Å². The average Bonchev–Trinajstić information content (AvgIpc) is 2.39. The topological polar surface area (TPSA) is 62.0 Å². The molecular formula is C8H14N2O. The zero-order valence-corrected chi connectivity index (χ0v) is 6.67. The van der Waals surface area contributed by atoms with Crippen molar-refractivity contribution in [1.29, 1.82) is 0 Å². The van der Waals surface area contributed by atoms with Crippen LogP contribution in [0.25, 0.3) is 0 Å². The van der Waals surface area contributed by atoms with E-state index in [4.69, 9.17) is 10.8 Å². The van der Waals surface area contributed by atoms with Gasteiger partial charge in [-0.1, -0.05) is 0 Å². The van der Waals surface area contributed by atoms with Crippen LogP contribution in [-0.2, 0) is 6.42 Å². The van der Waals surface area contributed by atoms with E-state index in [-0.39, 0.29) is 6.61 Å². The minimum Gasteiger partial charge on any atom is -0.394 e. The Morgan fingerprint density at radius 2 is 2.45 bits per heavy atom. The van der Waals surface area contributed by atoms with Gasteiger partial charge in [0.05, 0.1) is 6.61 Å². The van der Waals surface area contributed by atoms with E-state index in [1.165, 1.54) is 0 Å². The number of aliphatic hydroxyl groups is 1. The van der Waals surface area contributed by atoms with Crippen molar-refractivity contribution in [3.05, 3.63) is 24.0 Å². The predicted molar refractivity (Wildman–Crippen MR) is 44.2 cm³/mol. The first-order valence-electron chi connectivity index (χ1n) is 3.65. The molecule has 0 amide bonds. The van der Waals surface area contributed by atoms with Gasteiger partial charge in [0.25, 0.3) is 0 Å². The Morgan fingerprint density at radius 3 is 2.91 bits per heavy atom. The Kier molecular flexibility index (Phi) is 2.31. The van der Waals surface area contributed by atoms with Gasteiger partial charge in [0.1, 0.15) is 0 Å². The van der Waals surface area contributed by atoms with Crippen molar-refractivity contribution in [3.63, 3.8) is 0 Å². The molecule has 4 N–H and O–H groups in total. The van der Waals surface area contributed by atoms with Crippen LogP contribution in [0.15, 0.2) is 18.5 Å². The third-order valence-electron chi connectivity index (χ3n) is 1.63. The Labute approximate surface area is 66.2 Å². The second kappa shape index (κ2) is 3.07. The van der Waals surface area contributed by atoms with Crippen LogP contribution in [0.5, 0.6) is 0 Å². The summed E-state index contributed by atoms with van der Waals surface area (Å²) < 4.78 is 0. The second-order valence-corrected chi connectivity index (χ2v) is 3.21. The Morgan fingerprint density at radius 1 is 1.73 bits per heavy atom. The largest absolute Gasteiger partial charge is 0.394 e. The van der Waals surface area contributed by atoms with Crippen LogP contribution in [-0.4, -0.2) is 22.2 Å². The van der Waals surface area contributed by atoms with Crippen LogP contribution in [0.2, 0.25) is 0 Å². The Balaban J connectivity index is 2.56. The first-order valence-corrected chi connectivity index (χ1v) is 3.65. The van der Waals surface area contributed by atoms with E-state index in [9.17, 15) is 0 Å². The fourth-order valence-corrected chi connectivity index (χ4v) is 0.991. The molecule has 0 saturated heterocycles. The van der Waals surface area contributed by atoms with Crippen molar-refractivity contribution in [2.24, 2.45) is 5.73 Å². The summed E-state index contributed by atoms with van der Waals surface area (Å²) in [6.07, 6.45) is 4.44. The lowest BCUT2D eigenvalue weighted by atomic mass is 9.97. The van der Waals surface area contributed by atoms with Crippen LogP contribution in [0.3, 0.4) is 0 Å². The number of rotatable bonds is 3. The molecule has 11 heavy (non-hydrogen) atoms. The van der Waals surface area contributed by atoms with Gasteiger partial charge >= 0.3 is 0 Å². The smallest absolute Gasteiger partial charge is 0.0611 e. The monoisotopic (exact) mass is 154 g/mol. The highest BCUT2D eigenvalue weighted by molar-refractivity contribution is 5.12. The quantitative estimate of drug-likeness (QED) is 0.585. The summed E-state index contributed by atoms with van der Waals surface area (Å²) in [6, 6.07) is 1.96. The highest BCUT2D eigenvalue weighted by Gasteiger charge is 2.17. The molecule has 62 valence electrons. The molecule has 0 aliphatic rings. The fourth-order valence-electron chi connectivity index (χ4n) is 0.991. The molecule has 1 heterocycles. The van der Waals surface area contributed by atoms with Gasteiger partial charge in [-0.15, -0.1) is 0 Å². The summed E-state index contributed by atoms with van der Waals surface area (Å²) in [5.74, 6) is 0. The highest BCUT2D eigenvalue weighted by atomic mass is 16.3. The number of nitrogens with one attached hydrogen (secondary N) is 1. The molecule has 3 nitrogen and oxygen atoms in total. The van der Waals surface area contributed by atoms with Crippen molar-refractivity contribution < 1.29 is 5.11 Å². The van der Waals surface area contributed by atoms with Crippen LogP contribution >= 0.6 is 0 Å². The van der Waals surface area contributed by atoms with Crippen molar-refractivity contribution in [1.82, 2.24) is 4.98 Å². The van der Waals surface area contributed by atoms with E-state index < -0.39 is 5.54 Å². The van der Waals surface area contributed by atoms with Crippen LogP contribution in [0, 0.1) is 0 Å². The molecule has 1 unspecified atom stereocenters. The molecule has 0 aromatic carbocycles. The lowest BCUT2D eigenvalue weighted by Gasteiger charge is -2.20. The van der Waals surface area contributed by atoms with E-state index in [2.05, 4.69) is 4.98 Å². The fraction of sp³-hybridized carbons (Fsp3) is 0.500. The predicted octanol–water partition coefficient (Wildman–Crippen LogP) is 0.267. The van der Waals surface area contributed by atoms with Gasteiger partial charge < -0.3 is 15.8 Å². The maximum Gasteiger partial charge on any atom is 0.0611 e. The SMILES string of the molecule is CC(N)(CO)Cc1cc[nH]c1. The van der Waals surface area contributed by atoms with Crippen molar-refractivity contribution in [3.8, 4) is 0 Å². The maximum atomic E-state index is 8.86. The van der Waals surface area contributed by atoms with Gasteiger partial charge in [-0.25, -0.2) is 0 Å². The second-order valence-electron chi connectivity index (χ2n) is 3.21. The summed E-state index contributed by atoms with van der Waals surface area (Å²) in [4.78, 5) is 2.94. The van der Waals surface area contributed by atoms with Gasteiger partial charge in [0.15, 0.2) is 0 Å². The molecule has 0 bridgehead atoms. The Hall–Kier alpha value is -0.800. The van der Waals surface area contributed by atoms with Crippen LogP contribution in [0.4, 0.5) is 0 Å². The molecule has 1 atom stereocenters. The number of hydrogen-bond donors (Lipinski definition) is 3. The first kappa shape index (κ1) is 8.30. The molecule has 0 radical (unpaired) electrons. The van der Waals surface area contributed by atoms with Crippen molar-refractivity contribution in [2.45, 2.75) is 18.9 Å². The molecule has 0 aliphatic heterocycles. The molecule has 1 aromatic rings. The summed E-state index contributed by atoms with van der Waals surface area (Å²) in [5.41, 5.74) is 6.37. The van der Waals surface area contributed by atoms with Gasteiger partial charge in [-0.2, -0.15) is 0 Å². The molecular weight excluding hydrogens is 140 g/mol. The molecule has 0 saturated carbocycles. The summed E-state index contributed by atoms with van der Waals surface area (Å²) in [6.45, 7) is 1.85. The lowest BCUT2D eigenvalue weighted by Crippen LogP contribution is -2.42. The lowest BCUT2D eigenvalue weighted by molar-refractivity contribution is 0.208. The van der Waals surface area contributed by atoms with Gasteiger partial charge in [0, 0.05) is 17.9 Å². The number of H-pyrrole nitrogens is 1. The minimum atomic E-state index is -0.498. The summed E-state index contributed by atoms with van der Waals surface area (Å²) >= 11 is 0. The molecule has 0 aliphatic carbocycles. The van der Waals surface area contributed by atoms with Gasteiger partial charge in [-0.3, -0.25) is 0 Å². The number of nitrogens with two attached hydrogens (primary N) is 1. The molecule has 0 fully saturated rings. The molecule has 1 rings (SSSR count). The Bertz CT molecular complexity index is 204. The van der Waals surface area contributed by atoms with E-state index in [1.807, 2.05) is 25.4 Å². The zero-order chi connectivity index (χ0) is 8.32. The number of hydrogen-bond acceptors (Lipinski definition) is 2. The number of aromatic nitrogens is 1. The minimum absolute atomic E-state index is 0.0121. The standard InChI is InChI=1S/C8H14N2O/c1-8(9,6-11)4-7-2-3-10-5-7/h2-3,5,10-11H,4,6,9H2,1H3. The van der Waals surface area contributed by atoms with Crippen LogP contribution < -0.4 is 5.73 Å². The molecule has 1 aromatic heterocycles. The summed E-state index contributed by atoms with van der Waals surface area (Å²) in [5, 5.41) is 8.86. The van der Waals surface area contributed by atoms with Crippen molar-refractivity contribution in [2.75, 3.05) is 6.61 Å². The number of aromatic amines is 1. The van der Waals surface area contributed by atoms with Crippen molar-refractivity contribution >= 4 is 0 Å².